The molecule has 3 saturated carbocycles. The molecule has 190 valence electrons. The summed E-state index contributed by atoms with van der Waals surface area (Å²) in [6.45, 7) is 12.4. The highest BCUT2D eigenvalue weighted by Crippen LogP contribution is 2.73. The molecule has 0 spiro atoms. The summed E-state index contributed by atoms with van der Waals surface area (Å²) in [5, 5.41) is 12.6. The van der Waals surface area contributed by atoms with Gasteiger partial charge in [0, 0.05) is 6.61 Å². The maximum absolute atomic E-state index is 12.7. The van der Waals surface area contributed by atoms with E-state index in [2.05, 4.69) is 83.1 Å². The summed E-state index contributed by atoms with van der Waals surface area (Å²) in [6.07, 6.45) is 6.10. The van der Waals surface area contributed by atoms with E-state index in [1.165, 1.54) is 19.3 Å². The van der Waals surface area contributed by atoms with Gasteiger partial charge in [0.25, 0.3) is 8.32 Å². The standard InChI is InChI=1S/C32H46O2Si/c1-22-16-17-23(2)30-27-20-32(27,5)28(21-33)26(29(22)30)18-19-31(3,4)35(34,24-12-8-6-9-13-24)25-14-10-7-11-15-25/h6-15,22-23,26-30,33-34H,16-21H2,1-5H3/t22-,23-,26+,27+,28-,29-,30+,32+/m0/s1. The van der Waals surface area contributed by atoms with Crippen molar-refractivity contribution in [1.82, 2.24) is 0 Å². The molecule has 3 aliphatic carbocycles. The third-order valence-corrected chi connectivity index (χ3v) is 15.7. The fourth-order valence-electron chi connectivity index (χ4n) is 8.97. The molecule has 2 aromatic carbocycles. The quantitative estimate of drug-likeness (QED) is 0.477. The molecule has 2 N–H and O–H groups in total. The zero-order valence-electron chi connectivity index (χ0n) is 22.5. The molecular formula is C32H46O2Si. The fourth-order valence-corrected chi connectivity index (χ4v) is 12.7. The smallest absolute Gasteiger partial charge is 0.258 e. The second-order valence-electron chi connectivity index (χ2n) is 13.3. The predicted octanol–water partition coefficient (Wildman–Crippen LogP) is 5.86. The highest BCUT2D eigenvalue weighted by molar-refractivity contribution is 6.98. The number of aliphatic hydroxyl groups is 1. The van der Waals surface area contributed by atoms with Gasteiger partial charge in [-0.3, -0.25) is 0 Å². The molecule has 3 heteroatoms. The molecule has 0 aliphatic heterocycles. The summed E-state index contributed by atoms with van der Waals surface area (Å²) in [7, 11) is -3.01. The van der Waals surface area contributed by atoms with Crippen LogP contribution < -0.4 is 10.4 Å². The lowest BCUT2D eigenvalue weighted by atomic mass is 9.52. The number of benzene rings is 2. The zero-order valence-corrected chi connectivity index (χ0v) is 23.5. The highest BCUT2D eigenvalue weighted by Gasteiger charge is 2.67. The number of aliphatic hydroxyl groups excluding tert-OH is 1. The van der Waals surface area contributed by atoms with Gasteiger partial charge in [0.2, 0.25) is 0 Å². The third-order valence-electron chi connectivity index (χ3n) is 11.2. The molecule has 3 fully saturated rings. The van der Waals surface area contributed by atoms with E-state index in [9.17, 15) is 9.90 Å². The van der Waals surface area contributed by atoms with Gasteiger partial charge in [0.1, 0.15) is 0 Å². The van der Waals surface area contributed by atoms with E-state index in [4.69, 9.17) is 0 Å². The van der Waals surface area contributed by atoms with Crippen molar-refractivity contribution in [3.05, 3.63) is 60.7 Å². The average molecular weight is 491 g/mol. The molecule has 0 aromatic heterocycles. The van der Waals surface area contributed by atoms with Crippen molar-refractivity contribution in [2.45, 2.75) is 71.8 Å². The van der Waals surface area contributed by atoms with Crippen LogP contribution in [0.3, 0.4) is 0 Å². The molecule has 0 bridgehead atoms. The Morgan fingerprint density at radius 1 is 0.886 bits per heavy atom. The van der Waals surface area contributed by atoms with Gasteiger partial charge in [-0.2, -0.15) is 0 Å². The van der Waals surface area contributed by atoms with Crippen LogP contribution in [0, 0.1) is 46.8 Å². The van der Waals surface area contributed by atoms with E-state index in [-0.39, 0.29) is 5.04 Å². The van der Waals surface area contributed by atoms with E-state index in [0.29, 0.717) is 23.9 Å². The van der Waals surface area contributed by atoms with Crippen molar-refractivity contribution in [2.24, 2.45) is 46.8 Å². The van der Waals surface area contributed by atoms with Crippen LogP contribution in [0.4, 0.5) is 0 Å². The van der Waals surface area contributed by atoms with Crippen LogP contribution in [0.25, 0.3) is 0 Å². The van der Waals surface area contributed by atoms with E-state index in [1.807, 2.05) is 12.1 Å². The predicted molar refractivity (Wildman–Crippen MR) is 148 cm³/mol. The third kappa shape index (κ3) is 3.97. The highest BCUT2D eigenvalue weighted by atomic mass is 28.4. The van der Waals surface area contributed by atoms with Crippen LogP contribution in [-0.4, -0.2) is 24.8 Å². The number of hydrogen-bond acceptors (Lipinski definition) is 2. The topological polar surface area (TPSA) is 40.5 Å². The Kier molecular flexibility index (Phi) is 6.60. The minimum Gasteiger partial charge on any atom is -0.424 e. The summed E-state index contributed by atoms with van der Waals surface area (Å²) < 4.78 is 0. The Morgan fingerprint density at radius 2 is 1.40 bits per heavy atom. The van der Waals surface area contributed by atoms with Crippen molar-refractivity contribution in [1.29, 1.82) is 0 Å². The van der Waals surface area contributed by atoms with E-state index in [1.54, 1.807) is 0 Å². The first kappa shape index (κ1) is 25.2. The lowest BCUT2D eigenvalue weighted by molar-refractivity contribution is -0.0656. The molecule has 0 heterocycles. The molecule has 3 aliphatic rings. The SMILES string of the molecule is C[C@H]1CC[C@H](C)[C@H]2[C@@H]1[C@H](CCC(C)(C)[Si](O)(c1ccccc1)c1ccccc1)[C@H](CO)[C@]1(C)C[C@H]21. The van der Waals surface area contributed by atoms with Crippen molar-refractivity contribution < 1.29 is 9.90 Å². The summed E-state index contributed by atoms with van der Waals surface area (Å²) in [5.41, 5.74) is 0.322. The minimum atomic E-state index is -3.01. The van der Waals surface area contributed by atoms with Crippen LogP contribution in [0.15, 0.2) is 60.7 Å². The van der Waals surface area contributed by atoms with Crippen molar-refractivity contribution in [2.75, 3.05) is 6.61 Å². The Hall–Kier alpha value is -1.42. The van der Waals surface area contributed by atoms with E-state index >= 15 is 0 Å². The van der Waals surface area contributed by atoms with Gasteiger partial charge in [-0.1, -0.05) is 108 Å². The van der Waals surface area contributed by atoms with Gasteiger partial charge in [-0.05, 0) is 81.5 Å². The normalized spacial score (nSPS) is 36.8. The zero-order chi connectivity index (χ0) is 25.0. The Bertz CT molecular complexity index is 965. The lowest BCUT2D eigenvalue weighted by Gasteiger charge is -2.54. The largest absolute Gasteiger partial charge is 0.424 e. The molecule has 5 rings (SSSR count). The monoisotopic (exact) mass is 490 g/mol. The summed E-state index contributed by atoms with van der Waals surface area (Å²) in [6, 6.07) is 20.9. The van der Waals surface area contributed by atoms with Crippen LogP contribution in [-0.2, 0) is 0 Å². The van der Waals surface area contributed by atoms with Gasteiger partial charge in [-0.15, -0.1) is 0 Å². The molecule has 0 amide bonds. The first-order valence-corrected chi connectivity index (χ1v) is 16.0. The number of rotatable bonds is 7. The summed E-state index contributed by atoms with van der Waals surface area (Å²) in [4.78, 5) is 12.7. The maximum Gasteiger partial charge on any atom is 0.258 e. The lowest BCUT2D eigenvalue weighted by Crippen LogP contribution is -2.65. The Labute approximate surface area is 214 Å². The molecule has 2 aromatic rings. The minimum absolute atomic E-state index is 0.226. The second kappa shape index (κ2) is 9.15. The van der Waals surface area contributed by atoms with Crippen molar-refractivity contribution >= 4 is 18.7 Å². The molecule has 8 atom stereocenters. The summed E-state index contributed by atoms with van der Waals surface area (Å²) >= 11 is 0. The van der Waals surface area contributed by atoms with Crippen LogP contribution in [0.5, 0.6) is 0 Å². The van der Waals surface area contributed by atoms with Crippen LogP contribution in [0.1, 0.15) is 66.7 Å². The fraction of sp³-hybridized carbons (Fsp3) is 0.625. The van der Waals surface area contributed by atoms with Crippen LogP contribution >= 0.6 is 0 Å². The molecule has 2 nitrogen and oxygen atoms in total. The molecule has 0 saturated heterocycles. The van der Waals surface area contributed by atoms with Gasteiger partial charge >= 0.3 is 0 Å². The van der Waals surface area contributed by atoms with Crippen molar-refractivity contribution in [3.8, 4) is 0 Å². The van der Waals surface area contributed by atoms with E-state index in [0.717, 1.165) is 52.8 Å². The van der Waals surface area contributed by atoms with Gasteiger partial charge in [0.05, 0.1) is 0 Å². The van der Waals surface area contributed by atoms with Gasteiger partial charge in [-0.25, -0.2) is 0 Å². The maximum atomic E-state index is 12.7. The van der Waals surface area contributed by atoms with Gasteiger partial charge < -0.3 is 9.90 Å². The first-order chi connectivity index (χ1) is 16.6. The van der Waals surface area contributed by atoms with Crippen LogP contribution in [0.2, 0.25) is 5.04 Å². The van der Waals surface area contributed by atoms with E-state index < -0.39 is 8.32 Å². The van der Waals surface area contributed by atoms with Gasteiger partial charge in [0.15, 0.2) is 0 Å². The Morgan fingerprint density at radius 3 is 1.91 bits per heavy atom. The molecule has 35 heavy (non-hydrogen) atoms. The first-order valence-electron chi connectivity index (χ1n) is 14.1. The molecular weight excluding hydrogens is 444 g/mol. The second-order valence-corrected chi connectivity index (χ2v) is 17.3. The molecule has 0 radical (unpaired) electrons. The summed E-state index contributed by atoms with van der Waals surface area (Å²) in [5.74, 6) is 4.85. The van der Waals surface area contributed by atoms with Crippen molar-refractivity contribution in [3.63, 3.8) is 0 Å². The number of fused-ring (bicyclic) bond motifs is 3. The Balaban J connectivity index is 1.48. The molecule has 0 unspecified atom stereocenters. The number of hydrogen-bond donors (Lipinski definition) is 2. The average Bonchev–Trinajstić information content (AvgIpc) is 3.56.